The zero-order chi connectivity index (χ0) is 21.7. The van der Waals surface area contributed by atoms with E-state index in [1.807, 2.05) is 19.2 Å². The van der Waals surface area contributed by atoms with Crippen molar-refractivity contribution in [2.24, 2.45) is 0 Å². The summed E-state index contributed by atoms with van der Waals surface area (Å²) in [6.45, 7) is 0.786. The molecule has 1 unspecified atom stereocenters. The maximum atomic E-state index is 12.7. The molecule has 0 spiro atoms. The smallest absolute Gasteiger partial charge is 0.220 e. The highest BCUT2D eigenvalue weighted by atomic mass is 16.5. The van der Waals surface area contributed by atoms with Crippen LogP contribution in [0.15, 0.2) is 29.1 Å². The van der Waals surface area contributed by atoms with Gasteiger partial charge in [-0.25, -0.2) is 0 Å². The van der Waals surface area contributed by atoms with Crippen molar-refractivity contribution in [2.45, 2.75) is 18.9 Å². The summed E-state index contributed by atoms with van der Waals surface area (Å²) in [5.41, 5.74) is 3.60. The van der Waals surface area contributed by atoms with Crippen LogP contribution in [0.3, 0.4) is 0 Å². The fourth-order valence-corrected chi connectivity index (χ4v) is 3.94. The average molecular weight is 415 g/mol. The van der Waals surface area contributed by atoms with Gasteiger partial charge in [0.05, 0.1) is 27.9 Å². The van der Waals surface area contributed by atoms with Crippen LogP contribution in [0.4, 0.5) is 0 Å². The second-order valence-corrected chi connectivity index (χ2v) is 6.98. The monoisotopic (exact) mass is 415 g/mol. The third-order valence-corrected chi connectivity index (χ3v) is 5.40. The Labute approximate surface area is 176 Å². The van der Waals surface area contributed by atoms with E-state index in [1.54, 1.807) is 33.5 Å². The number of benzene rings is 1. The number of rotatable bonds is 8. The van der Waals surface area contributed by atoms with Crippen molar-refractivity contribution in [2.75, 3.05) is 48.7 Å². The molecular weight excluding hydrogens is 386 g/mol. The number of nitrogens with one attached hydrogen (secondary N) is 1. The maximum absolute atomic E-state index is 12.7. The Kier molecular flexibility index (Phi) is 7.18. The van der Waals surface area contributed by atoms with Gasteiger partial charge in [-0.15, -0.1) is 0 Å². The molecule has 1 aliphatic carbocycles. The summed E-state index contributed by atoms with van der Waals surface area (Å²) in [5.74, 6) is 2.00. The second kappa shape index (κ2) is 9.82. The molecule has 162 valence electrons. The van der Waals surface area contributed by atoms with Crippen LogP contribution < -0.4 is 29.7 Å². The van der Waals surface area contributed by atoms with Crippen LogP contribution in [0.2, 0.25) is 0 Å². The van der Waals surface area contributed by atoms with E-state index in [4.69, 9.17) is 23.7 Å². The van der Waals surface area contributed by atoms with Crippen LogP contribution in [-0.4, -0.2) is 48.7 Å². The van der Waals surface area contributed by atoms with Crippen LogP contribution in [0.1, 0.15) is 23.6 Å². The lowest BCUT2D eigenvalue weighted by Gasteiger charge is -2.20. The first kappa shape index (κ1) is 21.9. The van der Waals surface area contributed by atoms with Crippen molar-refractivity contribution < 1.29 is 23.7 Å². The highest BCUT2D eigenvalue weighted by Gasteiger charge is 2.28. The second-order valence-electron chi connectivity index (χ2n) is 6.98. The van der Waals surface area contributed by atoms with Crippen LogP contribution >= 0.6 is 0 Å². The van der Waals surface area contributed by atoms with Gasteiger partial charge >= 0.3 is 0 Å². The standard InChI is InChI=1S/C23H29NO6/c1-24-17-8-6-14-12-20(28-4)22(29-5)23(30-11-10-26-2)21(14)15-7-9-19(27-3)18(25)13-16(15)17/h7,9,12-13,17,24H,6,8,10-11H2,1-5H3. The number of fused-ring (bicyclic) bond motifs is 3. The predicted molar refractivity (Wildman–Crippen MR) is 115 cm³/mol. The van der Waals surface area contributed by atoms with Crippen molar-refractivity contribution in [1.82, 2.24) is 5.32 Å². The Balaban J connectivity index is 2.36. The van der Waals surface area contributed by atoms with E-state index < -0.39 is 0 Å². The number of ether oxygens (including phenoxy) is 5. The molecule has 0 radical (unpaired) electrons. The molecule has 1 aliphatic rings. The molecule has 0 fully saturated rings. The van der Waals surface area contributed by atoms with E-state index in [1.165, 1.54) is 7.11 Å². The molecule has 30 heavy (non-hydrogen) atoms. The lowest BCUT2D eigenvalue weighted by atomic mass is 9.95. The lowest BCUT2D eigenvalue weighted by molar-refractivity contribution is 0.144. The Hall–Kier alpha value is -2.77. The fourth-order valence-electron chi connectivity index (χ4n) is 3.94. The molecule has 2 aromatic carbocycles. The number of methoxy groups -OCH3 is 4. The minimum Gasteiger partial charge on any atom is -0.493 e. The first-order valence-corrected chi connectivity index (χ1v) is 9.89. The van der Waals surface area contributed by atoms with Gasteiger partial charge in [0.1, 0.15) is 6.61 Å². The van der Waals surface area contributed by atoms with Gasteiger partial charge in [0.15, 0.2) is 17.2 Å². The summed E-state index contributed by atoms with van der Waals surface area (Å²) in [6.07, 6.45) is 1.60. The molecule has 0 saturated heterocycles. The maximum Gasteiger partial charge on any atom is 0.220 e. The first-order chi connectivity index (χ1) is 14.6. The Morgan fingerprint density at radius 3 is 2.37 bits per heavy atom. The van der Waals surface area contributed by atoms with Crippen LogP contribution in [-0.2, 0) is 11.2 Å². The highest BCUT2D eigenvalue weighted by molar-refractivity contribution is 5.82. The molecule has 3 rings (SSSR count). The van der Waals surface area contributed by atoms with E-state index in [-0.39, 0.29) is 11.5 Å². The zero-order valence-electron chi connectivity index (χ0n) is 18.2. The summed E-state index contributed by atoms with van der Waals surface area (Å²) in [5, 5.41) is 3.34. The lowest BCUT2D eigenvalue weighted by Crippen LogP contribution is -2.17. The zero-order valence-corrected chi connectivity index (χ0v) is 18.2. The first-order valence-electron chi connectivity index (χ1n) is 9.89. The molecule has 0 aromatic heterocycles. The molecule has 0 amide bonds. The minimum absolute atomic E-state index is 0.000945. The van der Waals surface area contributed by atoms with Gasteiger partial charge in [0.2, 0.25) is 11.2 Å². The highest BCUT2D eigenvalue weighted by Crippen LogP contribution is 2.50. The molecule has 0 bridgehead atoms. The van der Waals surface area contributed by atoms with E-state index in [0.29, 0.717) is 36.2 Å². The minimum atomic E-state index is -0.162. The molecule has 7 nitrogen and oxygen atoms in total. The van der Waals surface area contributed by atoms with Crippen LogP contribution in [0.5, 0.6) is 23.0 Å². The fraction of sp³-hybridized carbons (Fsp3) is 0.435. The molecule has 1 N–H and O–H groups in total. The van der Waals surface area contributed by atoms with E-state index in [2.05, 4.69) is 5.32 Å². The van der Waals surface area contributed by atoms with Crippen LogP contribution in [0.25, 0.3) is 11.1 Å². The van der Waals surface area contributed by atoms with Gasteiger partial charge in [0, 0.05) is 18.7 Å². The summed E-state index contributed by atoms with van der Waals surface area (Å²) < 4.78 is 27.8. The van der Waals surface area contributed by atoms with Crippen molar-refractivity contribution in [1.29, 1.82) is 0 Å². The Bertz CT molecular complexity index is 959. The quantitative estimate of drug-likeness (QED) is 0.665. The van der Waals surface area contributed by atoms with E-state index in [9.17, 15) is 4.79 Å². The number of hydrogen-bond acceptors (Lipinski definition) is 7. The third kappa shape index (κ3) is 4.08. The molecule has 2 aromatic rings. The topological polar surface area (TPSA) is 75.2 Å². The number of hydrogen-bond donors (Lipinski definition) is 1. The average Bonchev–Trinajstić information content (AvgIpc) is 3.00. The van der Waals surface area contributed by atoms with Gasteiger partial charge < -0.3 is 29.0 Å². The molecule has 0 saturated carbocycles. The molecule has 1 atom stereocenters. The van der Waals surface area contributed by atoms with Crippen molar-refractivity contribution in [3.05, 3.63) is 45.6 Å². The molecular formula is C23H29NO6. The molecule has 0 aliphatic heterocycles. The van der Waals surface area contributed by atoms with Crippen molar-refractivity contribution in [3.63, 3.8) is 0 Å². The number of aryl methyl sites for hydroxylation is 1. The van der Waals surface area contributed by atoms with Gasteiger partial charge in [-0.1, -0.05) is 6.07 Å². The summed E-state index contributed by atoms with van der Waals surface area (Å²) >= 11 is 0. The largest absolute Gasteiger partial charge is 0.493 e. The van der Waals surface area contributed by atoms with Gasteiger partial charge in [0.25, 0.3) is 0 Å². The molecule has 0 heterocycles. The van der Waals surface area contributed by atoms with Gasteiger partial charge in [-0.2, -0.15) is 0 Å². The van der Waals surface area contributed by atoms with E-state index in [0.717, 1.165) is 35.1 Å². The SMILES string of the molecule is CNC1CCc2cc(OC)c(OC)c(OCCOC)c2-c2ccc(OC)c(=O)cc21. The summed E-state index contributed by atoms with van der Waals surface area (Å²) in [4.78, 5) is 12.7. The van der Waals surface area contributed by atoms with Crippen molar-refractivity contribution >= 4 is 0 Å². The Morgan fingerprint density at radius 1 is 0.967 bits per heavy atom. The van der Waals surface area contributed by atoms with Crippen molar-refractivity contribution in [3.8, 4) is 34.1 Å². The summed E-state index contributed by atoms with van der Waals surface area (Å²) in [7, 11) is 8.22. The van der Waals surface area contributed by atoms with E-state index >= 15 is 0 Å². The third-order valence-electron chi connectivity index (χ3n) is 5.40. The van der Waals surface area contributed by atoms with Gasteiger partial charge in [-0.05, 0) is 54.8 Å². The Morgan fingerprint density at radius 2 is 1.73 bits per heavy atom. The van der Waals surface area contributed by atoms with Gasteiger partial charge in [-0.3, -0.25) is 4.79 Å². The van der Waals surface area contributed by atoms with Crippen LogP contribution in [0, 0.1) is 0 Å². The molecule has 7 heteroatoms. The normalized spacial score (nSPS) is 14.9. The summed E-state index contributed by atoms with van der Waals surface area (Å²) in [6, 6.07) is 7.26. The predicted octanol–water partition coefficient (Wildman–Crippen LogP) is 2.97.